The van der Waals surface area contributed by atoms with Crippen LogP contribution in [-0.4, -0.2) is 47.9 Å². The molecule has 7 rings (SSSR count). The summed E-state index contributed by atoms with van der Waals surface area (Å²) in [7, 11) is 1.04. The van der Waals surface area contributed by atoms with Gasteiger partial charge in [0, 0.05) is 7.05 Å². The Morgan fingerprint density at radius 2 is 0.830 bits per heavy atom. The van der Waals surface area contributed by atoms with Crippen molar-refractivity contribution in [3.05, 3.63) is 148 Å². The highest BCUT2D eigenvalue weighted by molar-refractivity contribution is 6.34. The van der Waals surface area contributed by atoms with Crippen molar-refractivity contribution in [2.75, 3.05) is 11.9 Å². The standard InChI is InChI=1S/C39H24F6N2O6/c1-21-3-9-25(10-4-21)52-27-13-15-28(16-14-27)53-26-11-7-24(8-12-26)47-35(50)30-18-6-23(20-32(30)36(47)51)37(38(40,41)42,39(43,44)45)22-5-17-29-31(19-22)34(49)46(2)33(29)48/h3-20H,1-2H3. The van der Waals surface area contributed by atoms with Crippen molar-refractivity contribution in [2.24, 2.45) is 0 Å². The van der Waals surface area contributed by atoms with E-state index in [-0.39, 0.29) is 11.3 Å². The van der Waals surface area contributed by atoms with Crippen molar-refractivity contribution in [3.8, 4) is 23.0 Å². The normalized spacial score (nSPS) is 14.5. The van der Waals surface area contributed by atoms with Gasteiger partial charge < -0.3 is 9.47 Å². The van der Waals surface area contributed by atoms with Gasteiger partial charge in [-0.1, -0.05) is 29.8 Å². The number of carbonyl (C=O) groups excluding carboxylic acids is 4. The van der Waals surface area contributed by atoms with E-state index in [1.165, 1.54) is 24.3 Å². The summed E-state index contributed by atoms with van der Waals surface area (Å²) < 4.78 is 101. The summed E-state index contributed by atoms with van der Waals surface area (Å²) in [5, 5.41) is 0. The highest BCUT2D eigenvalue weighted by Gasteiger charge is 2.73. The molecule has 2 aliphatic heterocycles. The molecule has 0 radical (unpaired) electrons. The maximum atomic E-state index is 15.0. The van der Waals surface area contributed by atoms with Gasteiger partial charge >= 0.3 is 12.4 Å². The van der Waals surface area contributed by atoms with Crippen LogP contribution in [0.3, 0.4) is 0 Å². The summed E-state index contributed by atoms with van der Waals surface area (Å²) in [6.07, 6.45) is -12.1. The number of imide groups is 2. The predicted octanol–water partition coefficient (Wildman–Crippen LogP) is 9.02. The highest BCUT2D eigenvalue weighted by atomic mass is 19.4. The van der Waals surface area contributed by atoms with Gasteiger partial charge in [0.1, 0.15) is 23.0 Å². The van der Waals surface area contributed by atoms with E-state index in [4.69, 9.17) is 9.47 Å². The Bertz CT molecular complexity index is 2300. The van der Waals surface area contributed by atoms with E-state index in [0.29, 0.717) is 57.1 Å². The number of nitrogens with zero attached hydrogens (tertiary/aromatic N) is 2. The number of hydrogen-bond donors (Lipinski definition) is 0. The van der Waals surface area contributed by atoms with E-state index in [2.05, 4.69) is 0 Å². The first-order valence-electron chi connectivity index (χ1n) is 15.8. The molecule has 5 aromatic rings. The number of hydrogen-bond acceptors (Lipinski definition) is 6. The molecule has 0 unspecified atom stereocenters. The van der Waals surface area contributed by atoms with Crippen LogP contribution in [0.15, 0.2) is 109 Å². The molecule has 0 spiro atoms. The molecule has 0 N–H and O–H groups in total. The number of anilines is 1. The van der Waals surface area contributed by atoms with Gasteiger partial charge in [0.05, 0.1) is 27.9 Å². The van der Waals surface area contributed by atoms with Gasteiger partial charge in [-0.2, -0.15) is 26.3 Å². The number of benzene rings is 5. The molecule has 53 heavy (non-hydrogen) atoms. The van der Waals surface area contributed by atoms with E-state index < -0.39 is 69.2 Å². The number of alkyl halides is 6. The Morgan fingerprint density at radius 1 is 0.472 bits per heavy atom. The molecule has 0 atom stereocenters. The topological polar surface area (TPSA) is 93.2 Å². The zero-order valence-electron chi connectivity index (χ0n) is 27.5. The second kappa shape index (κ2) is 12.4. The second-order valence-corrected chi connectivity index (χ2v) is 12.4. The molecular formula is C39H24F6N2O6. The Morgan fingerprint density at radius 3 is 1.28 bits per heavy atom. The molecule has 0 aromatic heterocycles. The van der Waals surface area contributed by atoms with Crippen molar-refractivity contribution < 1.29 is 55.0 Å². The number of carbonyl (C=O) groups is 4. The van der Waals surface area contributed by atoms with Crippen LogP contribution in [0.25, 0.3) is 0 Å². The van der Waals surface area contributed by atoms with Crippen LogP contribution in [0.5, 0.6) is 23.0 Å². The first-order valence-corrected chi connectivity index (χ1v) is 15.8. The molecule has 2 heterocycles. The number of fused-ring (bicyclic) bond motifs is 2. The van der Waals surface area contributed by atoms with Gasteiger partial charge in [-0.15, -0.1) is 0 Å². The van der Waals surface area contributed by atoms with Crippen LogP contribution >= 0.6 is 0 Å². The summed E-state index contributed by atoms with van der Waals surface area (Å²) in [6.45, 7) is 1.96. The molecule has 0 saturated carbocycles. The average Bonchev–Trinajstić information content (AvgIpc) is 3.48. The number of amides is 4. The third-order valence-corrected chi connectivity index (χ3v) is 9.10. The molecular weight excluding hydrogens is 706 g/mol. The Balaban J connectivity index is 1.17. The van der Waals surface area contributed by atoms with Crippen molar-refractivity contribution in [1.29, 1.82) is 0 Å². The van der Waals surface area contributed by atoms with E-state index in [0.717, 1.165) is 24.7 Å². The molecule has 4 amide bonds. The quantitative estimate of drug-likeness (QED) is 0.123. The van der Waals surface area contributed by atoms with E-state index in [9.17, 15) is 45.5 Å². The Labute approximate surface area is 296 Å². The molecule has 2 aliphatic rings. The number of halogens is 6. The minimum Gasteiger partial charge on any atom is -0.457 e. The van der Waals surface area contributed by atoms with Gasteiger partial charge in [0.2, 0.25) is 5.41 Å². The zero-order chi connectivity index (χ0) is 38.0. The van der Waals surface area contributed by atoms with Crippen LogP contribution in [0.1, 0.15) is 58.1 Å². The maximum absolute atomic E-state index is 15.0. The monoisotopic (exact) mass is 730 g/mol. The number of rotatable bonds is 7. The lowest BCUT2D eigenvalue weighted by Gasteiger charge is -2.38. The Kier molecular flexibility index (Phi) is 8.16. The van der Waals surface area contributed by atoms with Crippen LogP contribution < -0.4 is 14.4 Å². The lowest BCUT2D eigenvalue weighted by Crippen LogP contribution is -2.55. The van der Waals surface area contributed by atoms with Gasteiger partial charge in [-0.05, 0) is 103 Å². The average molecular weight is 731 g/mol. The van der Waals surface area contributed by atoms with Gasteiger partial charge in [0.25, 0.3) is 23.6 Å². The minimum absolute atomic E-state index is 0.0178. The molecule has 0 aliphatic carbocycles. The third-order valence-electron chi connectivity index (χ3n) is 9.10. The van der Waals surface area contributed by atoms with E-state index >= 15 is 0 Å². The van der Waals surface area contributed by atoms with Crippen LogP contribution in [-0.2, 0) is 5.41 Å². The lowest BCUT2D eigenvalue weighted by atomic mass is 9.71. The molecule has 14 heteroatoms. The van der Waals surface area contributed by atoms with Crippen LogP contribution in [0.4, 0.5) is 32.0 Å². The largest absolute Gasteiger partial charge is 0.457 e. The third kappa shape index (κ3) is 5.66. The second-order valence-electron chi connectivity index (χ2n) is 12.4. The summed E-state index contributed by atoms with van der Waals surface area (Å²) in [4.78, 5) is 53.0. The first-order chi connectivity index (χ1) is 25.0. The SMILES string of the molecule is Cc1ccc(Oc2ccc(Oc3ccc(N4C(=O)c5ccc(C(c6ccc7c(c6)C(=O)N(C)C7=O)(C(F)(F)F)C(F)(F)F)cc5C4=O)cc3)cc2)cc1. The molecule has 0 saturated heterocycles. The fourth-order valence-corrected chi connectivity index (χ4v) is 6.40. The maximum Gasteiger partial charge on any atom is 0.411 e. The van der Waals surface area contributed by atoms with Crippen molar-refractivity contribution in [1.82, 2.24) is 4.90 Å². The van der Waals surface area contributed by atoms with Gasteiger partial charge in [-0.3, -0.25) is 24.1 Å². The van der Waals surface area contributed by atoms with Crippen molar-refractivity contribution in [2.45, 2.75) is 24.7 Å². The fraction of sp³-hybridized carbons (Fsp3) is 0.128. The smallest absolute Gasteiger partial charge is 0.411 e. The predicted molar refractivity (Wildman–Crippen MR) is 178 cm³/mol. The summed E-state index contributed by atoms with van der Waals surface area (Å²) in [6, 6.07) is 22.9. The summed E-state index contributed by atoms with van der Waals surface area (Å²) in [5.74, 6) is -2.17. The lowest BCUT2D eigenvalue weighted by molar-refractivity contribution is -0.288. The molecule has 8 nitrogen and oxygen atoms in total. The van der Waals surface area contributed by atoms with Crippen molar-refractivity contribution in [3.63, 3.8) is 0 Å². The molecule has 268 valence electrons. The van der Waals surface area contributed by atoms with E-state index in [1.54, 1.807) is 24.3 Å². The van der Waals surface area contributed by atoms with Crippen LogP contribution in [0, 0.1) is 6.92 Å². The molecule has 5 aromatic carbocycles. The fourth-order valence-electron chi connectivity index (χ4n) is 6.40. The molecule has 0 fully saturated rings. The number of ether oxygens (including phenoxy) is 2. The minimum atomic E-state index is -6.07. The van der Waals surface area contributed by atoms with Gasteiger partial charge in [-0.25, -0.2) is 4.90 Å². The van der Waals surface area contributed by atoms with Crippen molar-refractivity contribution >= 4 is 29.3 Å². The van der Waals surface area contributed by atoms with Gasteiger partial charge in [0.15, 0.2) is 0 Å². The van der Waals surface area contributed by atoms with E-state index in [1.807, 2.05) is 31.2 Å². The Hall–Kier alpha value is -6.44. The first kappa shape index (κ1) is 35.0. The van der Waals surface area contributed by atoms with Crippen LogP contribution in [0.2, 0.25) is 0 Å². The summed E-state index contributed by atoms with van der Waals surface area (Å²) >= 11 is 0. The highest BCUT2D eigenvalue weighted by Crippen LogP contribution is 2.57. The molecule has 0 bridgehead atoms. The zero-order valence-corrected chi connectivity index (χ0v) is 27.5. The number of aryl methyl sites for hydroxylation is 1. The summed E-state index contributed by atoms with van der Waals surface area (Å²) in [5.41, 5.74) is -8.60.